The Balaban J connectivity index is 1.67. The van der Waals surface area contributed by atoms with Gasteiger partial charge in [-0.15, -0.1) is 0 Å². The Morgan fingerprint density at radius 2 is 2.11 bits per heavy atom. The van der Waals surface area contributed by atoms with Gasteiger partial charge in [0.1, 0.15) is 0 Å². The van der Waals surface area contributed by atoms with Gasteiger partial charge in [-0.1, -0.05) is 11.6 Å². The van der Waals surface area contributed by atoms with E-state index in [0.717, 1.165) is 19.5 Å². The molecule has 4 nitrogen and oxygen atoms in total. The van der Waals surface area contributed by atoms with Crippen LogP contribution in [0.1, 0.15) is 29.6 Å². The molecule has 19 heavy (non-hydrogen) atoms. The van der Waals surface area contributed by atoms with E-state index in [2.05, 4.69) is 9.88 Å². The van der Waals surface area contributed by atoms with Gasteiger partial charge in [0.05, 0.1) is 10.6 Å². The Labute approximate surface area is 118 Å². The second kappa shape index (κ2) is 5.47. The average molecular weight is 280 g/mol. The number of hydrogen-bond acceptors (Lipinski definition) is 3. The maximum absolute atomic E-state index is 12.4. The average Bonchev–Trinajstić information content (AvgIpc) is 3.09. The summed E-state index contributed by atoms with van der Waals surface area (Å²) in [4.78, 5) is 20.8. The van der Waals surface area contributed by atoms with Crippen molar-refractivity contribution in [2.24, 2.45) is 0 Å². The first-order valence-electron chi connectivity index (χ1n) is 6.88. The molecule has 0 aromatic carbocycles. The number of nitrogens with zero attached hydrogens (tertiary/aromatic N) is 3. The predicted octanol–water partition coefficient (Wildman–Crippen LogP) is 2.05. The maximum atomic E-state index is 12.4. The third-order valence-electron chi connectivity index (χ3n) is 4.11. The van der Waals surface area contributed by atoms with Crippen molar-refractivity contribution in [2.75, 3.05) is 26.2 Å². The summed E-state index contributed by atoms with van der Waals surface area (Å²) in [5.41, 5.74) is 0.568. The lowest BCUT2D eigenvalue weighted by molar-refractivity contribution is 0.0780. The quantitative estimate of drug-likeness (QED) is 0.831. The van der Waals surface area contributed by atoms with Crippen molar-refractivity contribution in [3.63, 3.8) is 0 Å². The van der Waals surface area contributed by atoms with E-state index in [1.54, 1.807) is 12.3 Å². The van der Waals surface area contributed by atoms with Crippen LogP contribution < -0.4 is 0 Å². The molecule has 1 aromatic rings. The van der Waals surface area contributed by atoms with E-state index in [0.29, 0.717) is 16.6 Å². The van der Waals surface area contributed by atoms with Crippen molar-refractivity contribution >= 4 is 17.5 Å². The largest absolute Gasteiger partial charge is 0.337 e. The number of pyridine rings is 1. The smallest absolute Gasteiger partial charge is 0.255 e. The van der Waals surface area contributed by atoms with E-state index in [1.165, 1.54) is 32.1 Å². The van der Waals surface area contributed by atoms with E-state index in [4.69, 9.17) is 11.6 Å². The summed E-state index contributed by atoms with van der Waals surface area (Å²) >= 11 is 6.04. The van der Waals surface area contributed by atoms with Crippen LogP contribution in [0.4, 0.5) is 0 Å². The fourth-order valence-corrected chi connectivity index (χ4v) is 3.25. The number of carbonyl (C=O) groups is 1. The highest BCUT2D eigenvalue weighted by atomic mass is 35.5. The minimum absolute atomic E-state index is 0.0362. The highest BCUT2D eigenvalue weighted by molar-refractivity contribution is 6.33. The van der Waals surface area contributed by atoms with Gasteiger partial charge in [-0.05, 0) is 38.4 Å². The first-order valence-corrected chi connectivity index (χ1v) is 7.26. The van der Waals surface area contributed by atoms with E-state index in [-0.39, 0.29) is 5.91 Å². The first kappa shape index (κ1) is 12.9. The summed E-state index contributed by atoms with van der Waals surface area (Å²) in [6.07, 6.45) is 6.81. The van der Waals surface area contributed by atoms with Crippen molar-refractivity contribution in [3.8, 4) is 0 Å². The van der Waals surface area contributed by atoms with Crippen LogP contribution >= 0.6 is 11.6 Å². The molecule has 2 saturated heterocycles. The Morgan fingerprint density at radius 1 is 1.32 bits per heavy atom. The normalized spacial score (nSPS) is 24.1. The molecule has 102 valence electrons. The molecule has 0 aliphatic carbocycles. The minimum atomic E-state index is 0.0362. The van der Waals surface area contributed by atoms with Crippen LogP contribution in [0.3, 0.4) is 0 Å². The number of hydrogen-bond donors (Lipinski definition) is 0. The van der Waals surface area contributed by atoms with Crippen LogP contribution in [-0.4, -0.2) is 52.9 Å². The van der Waals surface area contributed by atoms with Gasteiger partial charge < -0.3 is 4.90 Å². The van der Waals surface area contributed by atoms with E-state index in [9.17, 15) is 4.79 Å². The molecule has 0 radical (unpaired) electrons. The van der Waals surface area contributed by atoms with Crippen molar-refractivity contribution in [2.45, 2.75) is 25.3 Å². The summed E-state index contributed by atoms with van der Waals surface area (Å²) in [5.74, 6) is 0.0362. The topological polar surface area (TPSA) is 36.4 Å². The first-order chi connectivity index (χ1) is 9.25. The fourth-order valence-electron chi connectivity index (χ4n) is 3.05. The van der Waals surface area contributed by atoms with Gasteiger partial charge in [-0.25, -0.2) is 0 Å². The molecule has 3 rings (SSSR count). The van der Waals surface area contributed by atoms with E-state index < -0.39 is 0 Å². The number of halogens is 1. The molecule has 0 saturated carbocycles. The van der Waals surface area contributed by atoms with E-state index >= 15 is 0 Å². The summed E-state index contributed by atoms with van der Waals surface area (Å²) in [6, 6.07) is 2.24. The van der Waals surface area contributed by atoms with Gasteiger partial charge in [-0.3, -0.25) is 14.7 Å². The SMILES string of the molecule is O=C(c1ccncc1Cl)N1CCC(N2CCCC2)C1. The third-order valence-corrected chi connectivity index (χ3v) is 4.41. The Hall–Kier alpha value is -1.13. The lowest BCUT2D eigenvalue weighted by Crippen LogP contribution is -2.37. The second-order valence-corrected chi connectivity index (χ2v) is 5.70. The monoisotopic (exact) mass is 279 g/mol. The number of rotatable bonds is 2. The second-order valence-electron chi connectivity index (χ2n) is 5.29. The molecule has 0 spiro atoms. The molecule has 2 fully saturated rings. The number of amides is 1. The standard InChI is InChI=1S/C14H18ClN3O/c15-13-9-16-5-3-12(13)14(19)18-8-4-11(10-18)17-6-1-2-7-17/h3,5,9,11H,1-2,4,6-8,10H2. The van der Waals surface area contributed by atoms with Crippen LogP contribution in [0.25, 0.3) is 0 Å². The van der Waals surface area contributed by atoms with E-state index in [1.807, 2.05) is 4.90 Å². The number of carbonyl (C=O) groups excluding carboxylic acids is 1. The molecule has 1 aromatic heterocycles. The fraction of sp³-hybridized carbons (Fsp3) is 0.571. The van der Waals surface area contributed by atoms with Crippen LogP contribution in [0, 0.1) is 0 Å². The van der Waals surface area contributed by atoms with Crippen LogP contribution in [-0.2, 0) is 0 Å². The molecule has 0 bridgehead atoms. The van der Waals surface area contributed by atoms with Gasteiger partial charge in [0.25, 0.3) is 5.91 Å². The molecular formula is C14H18ClN3O. The molecule has 1 amide bonds. The van der Waals surface area contributed by atoms with Gasteiger partial charge >= 0.3 is 0 Å². The Bertz CT molecular complexity index is 474. The summed E-state index contributed by atoms with van der Waals surface area (Å²) in [6.45, 7) is 4.03. The molecule has 1 atom stereocenters. The van der Waals surface area contributed by atoms with Crippen LogP contribution in [0.15, 0.2) is 18.5 Å². The summed E-state index contributed by atoms with van der Waals surface area (Å²) in [7, 11) is 0. The third kappa shape index (κ3) is 2.60. The van der Waals surface area contributed by atoms with Gasteiger partial charge in [0.15, 0.2) is 0 Å². The molecule has 1 unspecified atom stereocenters. The maximum Gasteiger partial charge on any atom is 0.255 e. The van der Waals surface area contributed by atoms with Gasteiger partial charge in [0.2, 0.25) is 0 Å². The van der Waals surface area contributed by atoms with Crippen LogP contribution in [0.5, 0.6) is 0 Å². The van der Waals surface area contributed by atoms with Crippen LogP contribution in [0.2, 0.25) is 5.02 Å². The zero-order valence-electron chi connectivity index (χ0n) is 10.9. The predicted molar refractivity (Wildman–Crippen MR) is 74.4 cm³/mol. The Kier molecular flexibility index (Phi) is 3.71. The lowest BCUT2D eigenvalue weighted by Gasteiger charge is -2.23. The molecular weight excluding hydrogens is 262 g/mol. The molecule has 0 N–H and O–H groups in total. The van der Waals surface area contributed by atoms with Crippen molar-refractivity contribution < 1.29 is 4.79 Å². The van der Waals surface area contributed by atoms with Crippen molar-refractivity contribution in [3.05, 3.63) is 29.0 Å². The molecule has 5 heteroatoms. The van der Waals surface area contributed by atoms with Crippen molar-refractivity contribution in [1.29, 1.82) is 0 Å². The molecule has 2 aliphatic rings. The van der Waals surface area contributed by atoms with Gasteiger partial charge in [-0.2, -0.15) is 0 Å². The highest BCUT2D eigenvalue weighted by Crippen LogP contribution is 2.23. The highest BCUT2D eigenvalue weighted by Gasteiger charge is 2.32. The number of aromatic nitrogens is 1. The Morgan fingerprint density at radius 3 is 2.84 bits per heavy atom. The molecule has 2 aliphatic heterocycles. The summed E-state index contributed by atoms with van der Waals surface area (Å²) in [5, 5.41) is 0.442. The molecule has 3 heterocycles. The van der Waals surface area contributed by atoms with Gasteiger partial charge in [0, 0.05) is 31.5 Å². The minimum Gasteiger partial charge on any atom is -0.337 e. The lowest BCUT2D eigenvalue weighted by atomic mass is 10.2. The zero-order chi connectivity index (χ0) is 13.2. The van der Waals surface area contributed by atoms with Crippen molar-refractivity contribution in [1.82, 2.24) is 14.8 Å². The zero-order valence-corrected chi connectivity index (χ0v) is 11.6. The summed E-state index contributed by atoms with van der Waals surface area (Å²) < 4.78 is 0. The number of likely N-dealkylation sites (tertiary alicyclic amines) is 2.